The summed E-state index contributed by atoms with van der Waals surface area (Å²) in [6.45, 7) is 7.71. The third kappa shape index (κ3) is 2.54. The molecule has 0 spiro atoms. The average Bonchev–Trinajstić information content (AvgIpc) is 2.43. The van der Waals surface area contributed by atoms with E-state index < -0.39 is 0 Å². The van der Waals surface area contributed by atoms with Gasteiger partial charge in [-0.15, -0.1) is 0 Å². The SMILES string of the molecule is CCNC(c1ccnc2ccccc12)C(C)CC. The van der Waals surface area contributed by atoms with Crippen LogP contribution >= 0.6 is 0 Å². The summed E-state index contributed by atoms with van der Waals surface area (Å²) >= 11 is 0. The van der Waals surface area contributed by atoms with Crippen LogP contribution in [0.25, 0.3) is 10.9 Å². The molecule has 1 N–H and O–H groups in total. The minimum absolute atomic E-state index is 0.410. The predicted octanol–water partition coefficient (Wildman–Crippen LogP) is 3.93. The van der Waals surface area contributed by atoms with Crippen LogP contribution in [-0.4, -0.2) is 11.5 Å². The van der Waals surface area contributed by atoms with Gasteiger partial charge >= 0.3 is 0 Å². The number of nitrogens with one attached hydrogen (secondary N) is 1. The first kappa shape index (κ1) is 13.0. The van der Waals surface area contributed by atoms with E-state index in [0.29, 0.717) is 12.0 Å². The number of pyridine rings is 1. The summed E-state index contributed by atoms with van der Waals surface area (Å²) < 4.78 is 0. The molecule has 0 amide bonds. The molecule has 0 fully saturated rings. The molecule has 0 saturated heterocycles. The molecule has 2 unspecified atom stereocenters. The highest BCUT2D eigenvalue weighted by Gasteiger charge is 2.18. The van der Waals surface area contributed by atoms with Gasteiger partial charge in [-0.1, -0.05) is 45.4 Å². The van der Waals surface area contributed by atoms with Crippen LogP contribution in [-0.2, 0) is 0 Å². The fourth-order valence-corrected chi connectivity index (χ4v) is 2.46. The summed E-state index contributed by atoms with van der Waals surface area (Å²) in [5.74, 6) is 0.621. The molecule has 1 aromatic carbocycles. The Balaban J connectivity index is 2.49. The van der Waals surface area contributed by atoms with Gasteiger partial charge in [0.2, 0.25) is 0 Å². The molecule has 2 aromatic rings. The Kier molecular flexibility index (Phi) is 4.32. The van der Waals surface area contributed by atoms with Gasteiger partial charge in [-0.05, 0) is 30.2 Å². The maximum Gasteiger partial charge on any atom is 0.0705 e. The second-order valence-corrected chi connectivity index (χ2v) is 4.84. The lowest BCUT2D eigenvalue weighted by molar-refractivity contribution is 0.386. The minimum atomic E-state index is 0.410. The lowest BCUT2D eigenvalue weighted by atomic mass is 9.90. The maximum atomic E-state index is 4.44. The molecule has 0 aliphatic rings. The zero-order chi connectivity index (χ0) is 13.0. The summed E-state index contributed by atoms with van der Waals surface area (Å²) in [6.07, 6.45) is 3.10. The van der Waals surface area contributed by atoms with Crippen molar-refractivity contribution in [1.29, 1.82) is 0 Å². The van der Waals surface area contributed by atoms with E-state index in [9.17, 15) is 0 Å². The molecule has 2 atom stereocenters. The van der Waals surface area contributed by atoms with Crippen LogP contribution in [0.15, 0.2) is 36.5 Å². The van der Waals surface area contributed by atoms with Crippen molar-refractivity contribution in [2.24, 2.45) is 5.92 Å². The monoisotopic (exact) mass is 242 g/mol. The first-order chi connectivity index (χ1) is 8.77. The van der Waals surface area contributed by atoms with Crippen molar-refractivity contribution < 1.29 is 0 Å². The van der Waals surface area contributed by atoms with Crippen molar-refractivity contribution >= 4 is 10.9 Å². The van der Waals surface area contributed by atoms with E-state index in [0.717, 1.165) is 12.1 Å². The van der Waals surface area contributed by atoms with E-state index in [4.69, 9.17) is 0 Å². The highest BCUT2D eigenvalue weighted by Crippen LogP contribution is 2.29. The normalized spacial score (nSPS) is 14.6. The number of rotatable bonds is 5. The Morgan fingerprint density at radius 1 is 1.17 bits per heavy atom. The second-order valence-electron chi connectivity index (χ2n) is 4.84. The highest BCUT2D eigenvalue weighted by molar-refractivity contribution is 5.82. The molecule has 0 bridgehead atoms. The Labute approximate surface area is 109 Å². The molecule has 0 aliphatic heterocycles. The Hall–Kier alpha value is -1.41. The van der Waals surface area contributed by atoms with E-state index in [1.54, 1.807) is 0 Å². The van der Waals surface area contributed by atoms with Crippen LogP contribution in [0.2, 0.25) is 0 Å². The Morgan fingerprint density at radius 3 is 2.67 bits per heavy atom. The number of aromatic nitrogens is 1. The zero-order valence-corrected chi connectivity index (χ0v) is 11.5. The molecule has 18 heavy (non-hydrogen) atoms. The van der Waals surface area contributed by atoms with Gasteiger partial charge in [-0.2, -0.15) is 0 Å². The van der Waals surface area contributed by atoms with Gasteiger partial charge in [-0.3, -0.25) is 4.98 Å². The Bertz CT molecular complexity index is 502. The molecule has 0 saturated carbocycles. The standard InChI is InChI=1S/C16H22N2/c1-4-12(3)16(17-5-2)14-10-11-18-15-9-7-6-8-13(14)15/h6-12,16-17H,4-5H2,1-3H3. The summed E-state index contributed by atoms with van der Waals surface area (Å²) in [7, 11) is 0. The van der Waals surface area contributed by atoms with Crippen molar-refractivity contribution in [3.05, 3.63) is 42.1 Å². The van der Waals surface area contributed by atoms with Crippen molar-refractivity contribution in [3.63, 3.8) is 0 Å². The van der Waals surface area contributed by atoms with Crippen LogP contribution in [0.1, 0.15) is 38.8 Å². The topological polar surface area (TPSA) is 24.9 Å². The average molecular weight is 242 g/mol. The van der Waals surface area contributed by atoms with Gasteiger partial charge in [0, 0.05) is 17.6 Å². The molecular weight excluding hydrogens is 220 g/mol. The molecule has 2 nitrogen and oxygen atoms in total. The molecule has 1 aromatic heterocycles. The molecule has 2 heteroatoms. The van der Waals surface area contributed by atoms with Gasteiger partial charge in [0.15, 0.2) is 0 Å². The molecular formula is C16H22N2. The number of hydrogen-bond donors (Lipinski definition) is 1. The third-order valence-corrected chi connectivity index (χ3v) is 3.65. The van der Waals surface area contributed by atoms with Crippen LogP contribution in [0.4, 0.5) is 0 Å². The molecule has 96 valence electrons. The Morgan fingerprint density at radius 2 is 1.94 bits per heavy atom. The van der Waals surface area contributed by atoms with E-state index in [-0.39, 0.29) is 0 Å². The van der Waals surface area contributed by atoms with E-state index in [1.807, 2.05) is 12.3 Å². The van der Waals surface area contributed by atoms with Crippen LogP contribution in [0.5, 0.6) is 0 Å². The summed E-state index contributed by atoms with van der Waals surface area (Å²) in [5, 5.41) is 4.88. The minimum Gasteiger partial charge on any atom is -0.310 e. The first-order valence-electron chi connectivity index (χ1n) is 6.85. The molecule has 0 radical (unpaired) electrons. The summed E-state index contributed by atoms with van der Waals surface area (Å²) in [5.41, 5.74) is 2.46. The van der Waals surface area contributed by atoms with Gasteiger partial charge < -0.3 is 5.32 Å². The number of hydrogen-bond acceptors (Lipinski definition) is 2. The van der Waals surface area contributed by atoms with Gasteiger partial charge in [-0.25, -0.2) is 0 Å². The maximum absolute atomic E-state index is 4.44. The highest BCUT2D eigenvalue weighted by atomic mass is 14.9. The van der Waals surface area contributed by atoms with Crippen molar-refractivity contribution in [2.75, 3.05) is 6.54 Å². The van der Waals surface area contributed by atoms with E-state index in [1.165, 1.54) is 17.4 Å². The quantitative estimate of drug-likeness (QED) is 0.859. The zero-order valence-electron chi connectivity index (χ0n) is 11.5. The first-order valence-corrected chi connectivity index (χ1v) is 6.85. The van der Waals surface area contributed by atoms with Crippen molar-refractivity contribution in [2.45, 2.75) is 33.2 Å². The van der Waals surface area contributed by atoms with Crippen molar-refractivity contribution in [3.8, 4) is 0 Å². The number of fused-ring (bicyclic) bond motifs is 1. The van der Waals surface area contributed by atoms with Crippen LogP contribution < -0.4 is 5.32 Å². The molecule has 0 aliphatic carbocycles. The van der Waals surface area contributed by atoms with E-state index >= 15 is 0 Å². The smallest absolute Gasteiger partial charge is 0.0705 e. The fourth-order valence-electron chi connectivity index (χ4n) is 2.46. The molecule has 2 rings (SSSR count). The van der Waals surface area contributed by atoms with Crippen LogP contribution in [0.3, 0.4) is 0 Å². The number of nitrogens with zero attached hydrogens (tertiary/aromatic N) is 1. The van der Waals surface area contributed by atoms with Crippen LogP contribution in [0, 0.1) is 5.92 Å². The lowest BCUT2D eigenvalue weighted by Crippen LogP contribution is -2.26. The van der Waals surface area contributed by atoms with Gasteiger partial charge in [0.25, 0.3) is 0 Å². The summed E-state index contributed by atoms with van der Waals surface area (Å²) in [4.78, 5) is 4.44. The van der Waals surface area contributed by atoms with Gasteiger partial charge in [0.1, 0.15) is 0 Å². The van der Waals surface area contributed by atoms with E-state index in [2.05, 4.69) is 55.3 Å². The number of benzene rings is 1. The second kappa shape index (κ2) is 5.96. The predicted molar refractivity (Wildman–Crippen MR) is 77.6 cm³/mol. The number of para-hydroxylation sites is 1. The molecule has 1 heterocycles. The fraction of sp³-hybridized carbons (Fsp3) is 0.438. The summed E-state index contributed by atoms with van der Waals surface area (Å²) in [6, 6.07) is 11.0. The largest absolute Gasteiger partial charge is 0.310 e. The van der Waals surface area contributed by atoms with Crippen molar-refractivity contribution in [1.82, 2.24) is 10.3 Å². The third-order valence-electron chi connectivity index (χ3n) is 3.65. The lowest BCUT2D eigenvalue weighted by Gasteiger charge is -2.25. The van der Waals surface area contributed by atoms with Gasteiger partial charge in [0.05, 0.1) is 5.52 Å².